The number of likely N-dealkylation sites (tertiary alicyclic amines) is 1. The van der Waals surface area contributed by atoms with Crippen LogP contribution >= 0.6 is 0 Å². The molecule has 1 aliphatic carbocycles. The predicted octanol–water partition coefficient (Wildman–Crippen LogP) is 5.06. The molecule has 1 aromatic carbocycles. The second-order valence-corrected chi connectivity index (χ2v) is 12.5. The van der Waals surface area contributed by atoms with Crippen LogP contribution in [0.15, 0.2) is 18.2 Å². The van der Waals surface area contributed by atoms with Gasteiger partial charge < -0.3 is 14.7 Å². The van der Waals surface area contributed by atoms with Crippen LogP contribution in [0.4, 0.5) is 8.78 Å². The summed E-state index contributed by atoms with van der Waals surface area (Å²) in [6.45, 7) is 10.3. The van der Waals surface area contributed by atoms with E-state index in [-0.39, 0.29) is 29.1 Å². The van der Waals surface area contributed by atoms with Gasteiger partial charge in [0.1, 0.15) is 17.7 Å². The molecule has 4 atom stereocenters. The monoisotopic (exact) mass is 503 g/mol. The molecule has 2 saturated heterocycles. The van der Waals surface area contributed by atoms with Crippen LogP contribution in [-0.2, 0) is 9.59 Å². The summed E-state index contributed by atoms with van der Waals surface area (Å²) < 4.78 is 28.6. The molecule has 0 aromatic heterocycles. The molecule has 0 bridgehead atoms. The highest BCUT2D eigenvalue weighted by Crippen LogP contribution is 2.45. The van der Waals surface area contributed by atoms with Crippen LogP contribution in [0.5, 0.6) is 0 Å². The zero-order valence-electron chi connectivity index (χ0n) is 22.4. The fourth-order valence-electron chi connectivity index (χ4n) is 6.34. The molecule has 2 heterocycles. The molecule has 4 rings (SSSR count). The Hall–Kier alpha value is -2.02. The summed E-state index contributed by atoms with van der Waals surface area (Å²) in [6.07, 6.45) is 5.95. The molecule has 0 spiro atoms. The third-order valence-corrected chi connectivity index (χ3v) is 8.58. The Labute approximate surface area is 215 Å². The highest BCUT2D eigenvalue weighted by atomic mass is 19.1. The summed E-state index contributed by atoms with van der Waals surface area (Å²) in [5.74, 6) is -1.42. The lowest BCUT2D eigenvalue weighted by atomic mass is 9.68. The number of hydrogen-bond acceptors (Lipinski definition) is 3. The van der Waals surface area contributed by atoms with Gasteiger partial charge in [-0.15, -0.1) is 0 Å². The molecule has 2 amide bonds. The van der Waals surface area contributed by atoms with Gasteiger partial charge in [-0.05, 0) is 80.9 Å². The molecule has 3 aliphatic rings. The molecular formula is C29H43F2N3O2. The molecule has 1 saturated carbocycles. The molecule has 200 valence electrons. The first-order valence-corrected chi connectivity index (χ1v) is 13.8. The third kappa shape index (κ3) is 6.27. The molecule has 1 aromatic rings. The maximum atomic E-state index is 14.9. The van der Waals surface area contributed by atoms with Crippen molar-refractivity contribution in [3.63, 3.8) is 0 Å². The van der Waals surface area contributed by atoms with Crippen molar-refractivity contribution in [2.75, 3.05) is 39.8 Å². The number of amides is 2. The smallest absolute Gasteiger partial charge is 0.245 e. The van der Waals surface area contributed by atoms with Gasteiger partial charge in [-0.2, -0.15) is 0 Å². The van der Waals surface area contributed by atoms with Crippen LogP contribution in [0.1, 0.15) is 77.2 Å². The average Bonchev–Trinajstić information content (AvgIpc) is 3.32. The van der Waals surface area contributed by atoms with Crippen molar-refractivity contribution in [1.29, 1.82) is 0 Å². The van der Waals surface area contributed by atoms with Gasteiger partial charge in [0.25, 0.3) is 0 Å². The standard InChI is InChI=1S/C29H43F2N3O2/c1-29(2,3)12-11-20-7-9-22(23-10-8-21(30)19-25(23)31)24(18-20)27(35)34-13-5-6-26(34)28(36)33-16-14-32(4)15-17-33/h8,10,19-20,22,24,26H,5-7,9,11-18H2,1-4H3/t20?,22-,24+,26-/m0/s1. The van der Waals surface area contributed by atoms with E-state index in [1.165, 1.54) is 12.1 Å². The van der Waals surface area contributed by atoms with Gasteiger partial charge >= 0.3 is 0 Å². The van der Waals surface area contributed by atoms with Crippen LogP contribution < -0.4 is 0 Å². The van der Waals surface area contributed by atoms with Crippen LogP contribution in [-0.4, -0.2) is 72.3 Å². The molecule has 5 nitrogen and oxygen atoms in total. The largest absolute Gasteiger partial charge is 0.338 e. The minimum atomic E-state index is -0.602. The Morgan fingerprint density at radius 1 is 0.972 bits per heavy atom. The van der Waals surface area contributed by atoms with E-state index in [2.05, 4.69) is 32.7 Å². The quantitative estimate of drug-likeness (QED) is 0.565. The topological polar surface area (TPSA) is 43.9 Å². The maximum Gasteiger partial charge on any atom is 0.245 e. The van der Waals surface area contributed by atoms with Crippen LogP contribution in [0.3, 0.4) is 0 Å². The normalized spacial score (nSPS) is 27.9. The van der Waals surface area contributed by atoms with E-state index in [4.69, 9.17) is 0 Å². The van der Waals surface area contributed by atoms with Crippen molar-refractivity contribution in [3.8, 4) is 0 Å². The zero-order valence-corrected chi connectivity index (χ0v) is 22.4. The Kier molecular flexibility index (Phi) is 8.38. The summed E-state index contributed by atoms with van der Waals surface area (Å²) in [5, 5.41) is 0. The first-order chi connectivity index (χ1) is 17.0. The molecular weight excluding hydrogens is 460 g/mol. The summed E-state index contributed by atoms with van der Waals surface area (Å²) in [4.78, 5) is 33.5. The Morgan fingerprint density at radius 3 is 2.36 bits per heavy atom. The molecule has 3 fully saturated rings. The van der Waals surface area contributed by atoms with E-state index in [1.54, 1.807) is 4.90 Å². The molecule has 0 radical (unpaired) electrons. The van der Waals surface area contributed by atoms with Crippen molar-refractivity contribution in [2.24, 2.45) is 17.3 Å². The first-order valence-electron chi connectivity index (χ1n) is 13.8. The molecule has 1 unspecified atom stereocenters. The SMILES string of the molecule is CN1CCN(C(=O)[C@@H]2CCCN2C(=O)[C@@H]2CC(CCC(C)(C)C)CC[C@H]2c2ccc(F)cc2F)CC1. The first kappa shape index (κ1) is 27.0. The number of piperazine rings is 1. The number of likely N-dealkylation sites (N-methyl/N-ethyl adjacent to an activating group) is 1. The summed E-state index contributed by atoms with van der Waals surface area (Å²) in [5.41, 5.74) is 0.652. The Balaban J connectivity index is 1.55. The number of nitrogens with zero attached hydrogens (tertiary/aromatic N) is 3. The second-order valence-electron chi connectivity index (χ2n) is 12.5. The van der Waals surface area contributed by atoms with E-state index >= 15 is 0 Å². The number of rotatable bonds is 5. The van der Waals surface area contributed by atoms with Gasteiger partial charge in [0.2, 0.25) is 11.8 Å². The van der Waals surface area contributed by atoms with Gasteiger partial charge in [-0.25, -0.2) is 8.78 Å². The van der Waals surface area contributed by atoms with Gasteiger partial charge in [0.05, 0.1) is 0 Å². The minimum Gasteiger partial charge on any atom is -0.338 e. The van der Waals surface area contributed by atoms with Crippen molar-refractivity contribution in [1.82, 2.24) is 14.7 Å². The van der Waals surface area contributed by atoms with Crippen molar-refractivity contribution in [2.45, 2.75) is 77.7 Å². The van der Waals surface area contributed by atoms with Crippen molar-refractivity contribution < 1.29 is 18.4 Å². The minimum absolute atomic E-state index is 0.0193. The van der Waals surface area contributed by atoms with E-state index in [0.717, 1.165) is 44.8 Å². The van der Waals surface area contributed by atoms with Crippen LogP contribution in [0, 0.1) is 28.9 Å². The third-order valence-electron chi connectivity index (χ3n) is 8.58. The summed E-state index contributed by atoms with van der Waals surface area (Å²) in [6, 6.07) is 3.32. The van der Waals surface area contributed by atoms with E-state index in [0.29, 0.717) is 50.4 Å². The number of benzene rings is 1. The van der Waals surface area contributed by atoms with Crippen molar-refractivity contribution in [3.05, 3.63) is 35.4 Å². The number of hydrogen-bond donors (Lipinski definition) is 0. The summed E-state index contributed by atoms with van der Waals surface area (Å²) >= 11 is 0. The fourth-order valence-corrected chi connectivity index (χ4v) is 6.34. The van der Waals surface area contributed by atoms with E-state index in [9.17, 15) is 18.4 Å². The van der Waals surface area contributed by atoms with Gasteiger partial charge in [-0.3, -0.25) is 9.59 Å². The average molecular weight is 504 g/mol. The lowest BCUT2D eigenvalue weighted by molar-refractivity contribution is -0.148. The van der Waals surface area contributed by atoms with Crippen LogP contribution in [0.2, 0.25) is 0 Å². The molecule has 36 heavy (non-hydrogen) atoms. The molecule has 2 aliphatic heterocycles. The fraction of sp³-hybridized carbons (Fsp3) is 0.724. The Morgan fingerprint density at radius 2 is 1.69 bits per heavy atom. The second kappa shape index (κ2) is 11.2. The maximum absolute atomic E-state index is 14.9. The van der Waals surface area contributed by atoms with Gasteiger partial charge in [-0.1, -0.05) is 26.8 Å². The number of carbonyl (C=O) groups is 2. The number of carbonyl (C=O) groups excluding carboxylic acids is 2. The van der Waals surface area contributed by atoms with E-state index < -0.39 is 17.7 Å². The molecule has 0 N–H and O–H groups in total. The van der Waals surface area contributed by atoms with Gasteiger partial charge in [0.15, 0.2) is 0 Å². The van der Waals surface area contributed by atoms with Crippen LogP contribution in [0.25, 0.3) is 0 Å². The van der Waals surface area contributed by atoms with Crippen molar-refractivity contribution >= 4 is 11.8 Å². The highest BCUT2D eigenvalue weighted by molar-refractivity contribution is 5.89. The van der Waals surface area contributed by atoms with Gasteiger partial charge in [0, 0.05) is 44.7 Å². The van der Waals surface area contributed by atoms with E-state index in [1.807, 2.05) is 4.90 Å². The zero-order chi connectivity index (χ0) is 26.0. The number of halogens is 2. The highest BCUT2D eigenvalue weighted by Gasteiger charge is 2.44. The predicted molar refractivity (Wildman–Crippen MR) is 137 cm³/mol. The molecule has 7 heteroatoms. The lowest BCUT2D eigenvalue weighted by Crippen LogP contribution is -2.54. The lowest BCUT2D eigenvalue weighted by Gasteiger charge is -2.40. The Bertz CT molecular complexity index is 939. The summed E-state index contributed by atoms with van der Waals surface area (Å²) in [7, 11) is 2.06.